The number of likely N-dealkylation sites (tertiary alicyclic amines) is 1. The summed E-state index contributed by atoms with van der Waals surface area (Å²) in [5.41, 5.74) is 0.0937. The average Bonchev–Trinajstić information content (AvgIpc) is 3.13. The molecular formula is C22H38N2O3. The van der Waals surface area contributed by atoms with Crippen molar-refractivity contribution in [1.29, 1.82) is 0 Å². The minimum Gasteiger partial charge on any atom is -0.356 e. The summed E-state index contributed by atoms with van der Waals surface area (Å²) in [7, 11) is 0. The Balaban J connectivity index is 1.67. The van der Waals surface area contributed by atoms with Gasteiger partial charge in [-0.2, -0.15) is 0 Å². The van der Waals surface area contributed by atoms with E-state index in [-0.39, 0.29) is 40.4 Å². The quantitative estimate of drug-likeness (QED) is 0.565. The van der Waals surface area contributed by atoms with Gasteiger partial charge in [0.1, 0.15) is 0 Å². The van der Waals surface area contributed by atoms with Gasteiger partial charge in [0.05, 0.1) is 5.92 Å². The minimum absolute atomic E-state index is 0.0317. The highest BCUT2D eigenvalue weighted by atomic mass is 16.2. The molecule has 2 fully saturated rings. The summed E-state index contributed by atoms with van der Waals surface area (Å²) in [5.74, 6) is 0.643. The number of hydrogen-bond donors (Lipinski definition) is 1. The number of nitrogens with one attached hydrogen (secondary N) is 1. The first-order valence-corrected chi connectivity index (χ1v) is 10.5. The lowest BCUT2D eigenvalue weighted by Gasteiger charge is -2.26. The van der Waals surface area contributed by atoms with E-state index in [1.807, 2.05) is 20.8 Å². The SMILES string of the molecule is CC(C)(C)C1CC(=O)N(CCCCNC(=O)C2CC[C@H](C(C)(C)C)C2)C1=O. The van der Waals surface area contributed by atoms with Crippen molar-refractivity contribution >= 4 is 17.7 Å². The number of carbonyl (C=O) groups excluding carboxylic acids is 3. The smallest absolute Gasteiger partial charge is 0.233 e. The van der Waals surface area contributed by atoms with Crippen LogP contribution in [0.2, 0.25) is 0 Å². The van der Waals surface area contributed by atoms with Crippen molar-refractivity contribution in [2.45, 2.75) is 80.1 Å². The lowest BCUT2D eigenvalue weighted by atomic mass is 9.79. The number of rotatable bonds is 6. The second-order valence-electron chi connectivity index (χ2n) is 10.6. The molecule has 0 radical (unpaired) electrons. The molecule has 5 heteroatoms. The van der Waals surface area contributed by atoms with Crippen molar-refractivity contribution < 1.29 is 14.4 Å². The van der Waals surface area contributed by atoms with Gasteiger partial charge in [0.2, 0.25) is 17.7 Å². The molecule has 154 valence electrons. The van der Waals surface area contributed by atoms with Crippen LogP contribution in [0.5, 0.6) is 0 Å². The molecule has 1 aliphatic carbocycles. The maximum Gasteiger partial charge on any atom is 0.233 e. The van der Waals surface area contributed by atoms with Crippen molar-refractivity contribution in [3.63, 3.8) is 0 Å². The number of carbonyl (C=O) groups is 3. The molecular weight excluding hydrogens is 340 g/mol. The Hall–Kier alpha value is -1.39. The summed E-state index contributed by atoms with van der Waals surface area (Å²) in [5, 5.41) is 3.05. The normalized spacial score (nSPS) is 26.7. The molecule has 2 unspecified atom stereocenters. The van der Waals surface area contributed by atoms with Crippen molar-refractivity contribution in [2.24, 2.45) is 28.6 Å². The van der Waals surface area contributed by atoms with Crippen LogP contribution in [0.1, 0.15) is 80.1 Å². The number of hydrogen-bond acceptors (Lipinski definition) is 3. The summed E-state index contributed by atoms with van der Waals surface area (Å²) < 4.78 is 0. The maximum absolute atomic E-state index is 12.5. The Morgan fingerprint density at radius 2 is 1.70 bits per heavy atom. The predicted octanol–water partition coefficient (Wildman–Crippen LogP) is 3.77. The predicted molar refractivity (Wildman–Crippen MR) is 107 cm³/mol. The maximum atomic E-state index is 12.5. The van der Waals surface area contributed by atoms with Gasteiger partial charge in [0, 0.05) is 25.4 Å². The molecule has 2 aliphatic rings. The molecule has 0 bridgehead atoms. The summed E-state index contributed by atoms with van der Waals surface area (Å²) in [6, 6.07) is 0. The summed E-state index contributed by atoms with van der Waals surface area (Å²) in [4.78, 5) is 38.4. The van der Waals surface area contributed by atoms with Crippen LogP contribution in [-0.2, 0) is 14.4 Å². The monoisotopic (exact) mass is 378 g/mol. The Kier molecular flexibility index (Phi) is 6.75. The van der Waals surface area contributed by atoms with Crippen LogP contribution in [0.4, 0.5) is 0 Å². The third-order valence-electron chi connectivity index (χ3n) is 6.43. The molecule has 1 N–H and O–H groups in total. The second kappa shape index (κ2) is 8.32. The molecule has 1 saturated carbocycles. The van der Waals surface area contributed by atoms with E-state index in [0.717, 1.165) is 32.1 Å². The van der Waals surface area contributed by atoms with Crippen molar-refractivity contribution in [2.75, 3.05) is 13.1 Å². The third-order valence-corrected chi connectivity index (χ3v) is 6.43. The molecule has 5 nitrogen and oxygen atoms in total. The van der Waals surface area contributed by atoms with E-state index in [1.165, 1.54) is 4.90 Å². The van der Waals surface area contributed by atoms with Gasteiger partial charge in [-0.05, 0) is 48.9 Å². The zero-order valence-electron chi connectivity index (χ0n) is 18.1. The summed E-state index contributed by atoms with van der Waals surface area (Å²) in [6.45, 7) is 13.9. The van der Waals surface area contributed by atoms with E-state index in [9.17, 15) is 14.4 Å². The van der Waals surface area contributed by atoms with Crippen molar-refractivity contribution in [1.82, 2.24) is 10.2 Å². The van der Waals surface area contributed by atoms with Gasteiger partial charge >= 0.3 is 0 Å². The number of unbranched alkanes of at least 4 members (excludes halogenated alkanes) is 1. The number of amides is 3. The number of nitrogens with zero attached hydrogens (tertiary/aromatic N) is 1. The molecule has 0 aromatic rings. The second-order valence-corrected chi connectivity index (χ2v) is 10.6. The van der Waals surface area contributed by atoms with Crippen molar-refractivity contribution in [3.8, 4) is 0 Å². The van der Waals surface area contributed by atoms with E-state index in [4.69, 9.17) is 0 Å². The lowest BCUT2D eigenvalue weighted by molar-refractivity contribution is -0.140. The zero-order chi connectivity index (χ0) is 20.4. The molecule has 3 amide bonds. The molecule has 0 spiro atoms. The fraction of sp³-hybridized carbons (Fsp3) is 0.864. The van der Waals surface area contributed by atoms with E-state index in [2.05, 4.69) is 26.1 Å². The van der Waals surface area contributed by atoms with Crippen LogP contribution in [0.25, 0.3) is 0 Å². The van der Waals surface area contributed by atoms with Gasteiger partial charge in [0.25, 0.3) is 0 Å². The standard InChI is InChI=1S/C22H38N2O3/c1-21(2,3)16-10-9-15(13-16)19(26)23-11-7-8-12-24-18(25)14-17(20(24)27)22(4,5)6/h15-17H,7-14H2,1-6H3,(H,23,26)/t15?,16-,17?/m0/s1. The average molecular weight is 379 g/mol. The lowest BCUT2D eigenvalue weighted by Crippen LogP contribution is -2.35. The van der Waals surface area contributed by atoms with Crippen LogP contribution >= 0.6 is 0 Å². The zero-order valence-corrected chi connectivity index (χ0v) is 18.1. The van der Waals surface area contributed by atoms with Crippen molar-refractivity contribution in [3.05, 3.63) is 0 Å². The van der Waals surface area contributed by atoms with Crippen LogP contribution < -0.4 is 5.32 Å². The fourth-order valence-corrected chi connectivity index (χ4v) is 4.35. The molecule has 1 heterocycles. The van der Waals surface area contributed by atoms with Gasteiger partial charge in [-0.25, -0.2) is 0 Å². The molecule has 3 atom stereocenters. The Bertz CT molecular complexity index is 571. The van der Waals surface area contributed by atoms with Gasteiger partial charge in [-0.1, -0.05) is 41.5 Å². The topological polar surface area (TPSA) is 66.5 Å². The minimum atomic E-state index is -0.206. The van der Waals surface area contributed by atoms with E-state index in [1.54, 1.807) is 0 Å². The van der Waals surface area contributed by atoms with E-state index in [0.29, 0.717) is 25.4 Å². The third kappa shape index (κ3) is 5.55. The number of imide groups is 1. The van der Waals surface area contributed by atoms with Crippen LogP contribution in [-0.4, -0.2) is 35.7 Å². The van der Waals surface area contributed by atoms with Crippen LogP contribution in [0.15, 0.2) is 0 Å². The largest absolute Gasteiger partial charge is 0.356 e. The molecule has 0 aromatic carbocycles. The highest BCUT2D eigenvalue weighted by molar-refractivity contribution is 6.03. The van der Waals surface area contributed by atoms with E-state index < -0.39 is 0 Å². The van der Waals surface area contributed by atoms with Gasteiger partial charge < -0.3 is 5.32 Å². The van der Waals surface area contributed by atoms with Crippen LogP contribution in [0.3, 0.4) is 0 Å². The Morgan fingerprint density at radius 1 is 1.04 bits per heavy atom. The van der Waals surface area contributed by atoms with E-state index >= 15 is 0 Å². The molecule has 0 aromatic heterocycles. The molecule has 2 rings (SSSR count). The fourth-order valence-electron chi connectivity index (χ4n) is 4.35. The Morgan fingerprint density at radius 3 is 2.22 bits per heavy atom. The first-order valence-electron chi connectivity index (χ1n) is 10.5. The van der Waals surface area contributed by atoms with Crippen LogP contribution in [0, 0.1) is 28.6 Å². The molecule has 27 heavy (non-hydrogen) atoms. The summed E-state index contributed by atoms with van der Waals surface area (Å²) >= 11 is 0. The first-order chi connectivity index (χ1) is 12.4. The van der Waals surface area contributed by atoms with Gasteiger partial charge in [-0.3, -0.25) is 19.3 Å². The van der Waals surface area contributed by atoms with Gasteiger partial charge in [-0.15, -0.1) is 0 Å². The van der Waals surface area contributed by atoms with Gasteiger partial charge in [0.15, 0.2) is 0 Å². The Labute approximate surface area is 164 Å². The summed E-state index contributed by atoms with van der Waals surface area (Å²) in [6.07, 6.45) is 4.97. The molecule has 1 aliphatic heterocycles. The highest BCUT2D eigenvalue weighted by Crippen LogP contribution is 2.42. The highest BCUT2D eigenvalue weighted by Gasteiger charge is 2.44. The molecule has 1 saturated heterocycles. The first kappa shape index (κ1) is 21.9.